The van der Waals surface area contributed by atoms with E-state index in [9.17, 15) is 0 Å². The highest BCUT2D eigenvalue weighted by atomic mass is 16.5. The first-order chi connectivity index (χ1) is 15.7. The number of hydrogen-bond acceptors (Lipinski definition) is 7. The number of furan rings is 1. The van der Waals surface area contributed by atoms with Crippen molar-refractivity contribution in [1.29, 1.82) is 0 Å². The van der Waals surface area contributed by atoms with E-state index in [2.05, 4.69) is 48.3 Å². The first-order valence-corrected chi connectivity index (χ1v) is 11.2. The summed E-state index contributed by atoms with van der Waals surface area (Å²) < 4.78 is 13.0. The fraction of sp³-hybridized carbons (Fsp3) is 0.375. The monoisotopic (exact) mass is 432 g/mol. The molecule has 8 heteroatoms. The van der Waals surface area contributed by atoms with Gasteiger partial charge in [0.2, 0.25) is 5.95 Å². The summed E-state index contributed by atoms with van der Waals surface area (Å²) in [6, 6.07) is 12.2. The summed E-state index contributed by atoms with van der Waals surface area (Å²) in [6.07, 6.45) is 3.54. The fourth-order valence-electron chi connectivity index (χ4n) is 4.01. The van der Waals surface area contributed by atoms with E-state index in [-0.39, 0.29) is 0 Å². The smallest absolute Gasteiger partial charge is 0.227 e. The lowest BCUT2D eigenvalue weighted by Gasteiger charge is -2.28. The molecule has 0 unspecified atom stereocenters. The van der Waals surface area contributed by atoms with Crippen molar-refractivity contribution in [2.45, 2.75) is 33.2 Å². The molecule has 0 radical (unpaired) electrons. The molecule has 0 atom stereocenters. The van der Waals surface area contributed by atoms with Crippen LogP contribution in [-0.2, 0) is 17.7 Å². The van der Waals surface area contributed by atoms with Crippen molar-refractivity contribution in [3.63, 3.8) is 0 Å². The summed E-state index contributed by atoms with van der Waals surface area (Å²) in [5.74, 6) is 2.31. The number of ether oxygens (including phenoxy) is 1. The van der Waals surface area contributed by atoms with Crippen molar-refractivity contribution >= 4 is 22.8 Å². The second kappa shape index (κ2) is 9.00. The molecule has 1 N–H and O–H groups in total. The van der Waals surface area contributed by atoms with Crippen LogP contribution < -0.4 is 10.2 Å². The minimum Gasteiger partial charge on any atom is -0.467 e. The maximum absolute atomic E-state index is 5.59. The maximum atomic E-state index is 5.59. The van der Waals surface area contributed by atoms with Crippen molar-refractivity contribution in [2.75, 3.05) is 36.5 Å². The molecule has 0 spiro atoms. The number of morpholine rings is 1. The Morgan fingerprint density at radius 2 is 1.88 bits per heavy atom. The fourth-order valence-corrected chi connectivity index (χ4v) is 4.01. The summed E-state index contributed by atoms with van der Waals surface area (Å²) in [4.78, 5) is 12.1. The molecule has 5 rings (SSSR count). The number of benzene rings is 1. The summed E-state index contributed by atoms with van der Waals surface area (Å²) in [6.45, 7) is 7.75. The van der Waals surface area contributed by atoms with Crippen LogP contribution in [0.2, 0.25) is 0 Å². The molecule has 1 fully saturated rings. The SMILES string of the molecule is CCCc1nn(-c2ccc(C)cc2)c2nc(NCc3ccco3)nc(N3CCOCC3)c12. The molecule has 1 aliphatic rings. The summed E-state index contributed by atoms with van der Waals surface area (Å²) in [7, 11) is 0. The van der Waals surface area contributed by atoms with Crippen LogP contribution in [0.25, 0.3) is 16.7 Å². The van der Waals surface area contributed by atoms with E-state index in [4.69, 9.17) is 24.2 Å². The molecule has 1 aromatic carbocycles. The predicted molar refractivity (Wildman–Crippen MR) is 124 cm³/mol. The van der Waals surface area contributed by atoms with Crippen molar-refractivity contribution in [3.8, 4) is 5.69 Å². The molecule has 0 aliphatic carbocycles. The molecule has 4 heterocycles. The molecule has 3 aromatic heterocycles. The van der Waals surface area contributed by atoms with Gasteiger partial charge in [-0.25, -0.2) is 4.68 Å². The molecule has 0 bridgehead atoms. The van der Waals surface area contributed by atoms with Crippen LogP contribution in [0.5, 0.6) is 0 Å². The number of nitrogens with zero attached hydrogens (tertiary/aromatic N) is 5. The Labute approximate surface area is 187 Å². The van der Waals surface area contributed by atoms with Crippen LogP contribution >= 0.6 is 0 Å². The Balaban J connectivity index is 1.66. The zero-order chi connectivity index (χ0) is 21.9. The third-order valence-electron chi connectivity index (χ3n) is 5.66. The second-order valence-corrected chi connectivity index (χ2v) is 8.05. The Hall–Kier alpha value is -3.39. The van der Waals surface area contributed by atoms with Gasteiger partial charge >= 0.3 is 0 Å². The van der Waals surface area contributed by atoms with Gasteiger partial charge in [-0.1, -0.05) is 31.0 Å². The first kappa shape index (κ1) is 20.5. The Bertz CT molecular complexity index is 1180. The molecule has 0 saturated carbocycles. The highest BCUT2D eigenvalue weighted by molar-refractivity contribution is 5.92. The van der Waals surface area contributed by atoms with E-state index in [1.807, 2.05) is 16.8 Å². The molecule has 8 nitrogen and oxygen atoms in total. The lowest BCUT2D eigenvalue weighted by atomic mass is 10.2. The van der Waals surface area contributed by atoms with E-state index in [0.717, 1.165) is 59.9 Å². The number of hydrogen-bond donors (Lipinski definition) is 1. The third kappa shape index (κ3) is 4.05. The van der Waals surface area contributed by atoms with E-state index >= 15 is 0 Å². The van der Waals surface area contributed by atoms with Crippen molar-refractivity contribution in [1.82, 2.24) is 19.7 Å². The molecule has 32 heavy (non-hydrogen) atoms. The van der Waals surface area contributed by atoms with Gasteiger partial charge in [0.1, 0.15) is 11.6 Å². The standard InChI is InChI=1S/C24H28N6O2/c1-3-5-20-21-22(29-11-14-31-15-12-29)26-24(25-16-19-6-4-13-32-19)27-23(21)30(28-20)18-9-7-17(2)8-10-18/h4,6-10,13H,3,5,11-12,14-16H2,1-2H3,(H,25,26,27). The third-order valence-corrected chi connectivity index (χ3v) is 5.66. The van der Waals surface area contributed by atoms with Crippen LogP contribution in [0, 0.1) is 6.92 Å². The molecule has 0 amide bonds. The van der Waals surface area contributed by atoms with Crippen LogP contribution in [0.1, 0.15) is 30.4 Å². The topological polar surface area (TPSA) is 81.2 Å². The van der Waals surface area contributed by atoms with E-state index in [1.165, 1.54) is 5.56 Å². The Morgan fingerprint density at radius 3 is 2.59 bits per heavy atom. The average Bonchev–Trinajstić information content (AvgIpc) is 3.47. The van der Waals surface area contributed by atoms with Gasteiger partial charge in [0.05, 0.1) is 42.8 Å². The van der Waals surface area contributed by atoms with Gasteiger partial charge in [0.15, 0.2) is 5.65 Å². The van der Waals surface area contributed by atoms with Crippen LogP contribution in [0.4, 0.5) is 11.8 Å². The number of aromatic nitrogens is 4. The highest BCUT2D eigenvalue weighted by Crippen LogP contribution is 2.31. The summed E-state index contributed by atoms with van der Waals surface area (Å²) in [5.41, 5.74) is 4.05. The molecule has 166 valence electrons. The predicted octanol–water partition coefficient (Wildman–Crippen LogP) is 4.12. The van der Waals surface area contributed by atoms with Gasteiger partial charge in [-0.05, 0) is 37.6 Å². The van der Waals surface area contributed by atoms with Gasteiger partial charge in [0.25, 0.3) is 0 Å². The Morgan fingerprint density at radius 1 is 1.06 bits per heavy atom. The maximum Gasteiger partial charge on any atom is 0.227 e. The van der Waals surface area contributed by atoms with Gasteiger partial charge in [-0.15, -0.1) is 0 Å². The summed E-state index contributed by atoms with van der Waals surface area (Å²) >= 11 is 0. The average molecular weight is 433 g/mol. The van der Waals surface area contributed by atoms with Gasteiger partial charge < -0.3 is 19.4 Å². The number of anilines is 2. The van der Waals surface area contributed by atoms with E-state index in [1.54, 1.807) is 6.26 Å². The number of aryl methyl sites for hydroxylation is 2. The minimum atomic E-state index is 0.515. The Kier molecular flexibility index (Phi) is 5.77. The quantitative estimate of drug-likeness (QED) is 0.470. The van der Waals surface area contributed by atoms with Crippen LogP contribution in [0.3, 0.4) is 0 Å². The van der Waals surface area contributed by atoms with Gasteiger partial charge in [-0.2, -0.15) is 15.1 Å². The lowest BCUT2D eigenvalue weighted by Crippen LogP contribution is -2.37. The zero-order valence-electron chi connectivity index (χ0n) is 18.5. The normalized spacial score (nSPS) is 14.2. The second-order valence-electron chi connectivity index (χ2n) is 8.05. The minimum absolute atomic E-state index is 0.515. The molecular weight excluding hydrogens is 404 g/mol. The number of nitrogens with one attached hydrogen (secondary N) is 1. The molecular formula is C24H28N6O2. The van der Waals surface area contributed by atoms with Crippen LogP contribution in [0.15, 0.2) is 47.1 Å². The van der Waals surface area contributed by atoms with E-state index < -0.39 is 0 Å². The largest absolute Gasteiger partial charge is 0.467 e. The van der Waals surface area contributed by atoms with Crippen LogP contribution in [-0.4, -0.2) is 46.1 Å². The number of fused-ring (bicyclic) bond motifs is 1. The van der Waals surface area contributed by atoms with Crippen molar-refractivity contribution in [2.24, 2.45) is 0 Å². The van der Waals surface area contributed by atoms with Crippen molar-refractivity contribution in [3.05, 3.63) is 59.7 Å². The highest BCUT2D eigenvalue weighted by Gasteiger charge is 2.24. The number of rotatable bonds is 7. The van der Waals surface area contributed by atoms with Gasteiger partial charge in [-0.3, -0.25) is 0 Å². The van der Waals surface area contributed by atoms with Gasteiger partial charge in [0, 0.05) is 13.1 Å². The first-order valence-electron chi connectivity index (χ1n) is 11.2. The molecule has 4 aromatic rings. The lowest BCUT2D eigenvalue weighted by molar-refractivity contribution is 0.122. The van der Waals surface area contributed by atoms with Crippen molar-refractivity contribution < 1.29 is 9.15 Å². The molecule has 1 saturated heterocycles. The van der Waals surface area contributed by atoms with E-state index in [0.29, 0.717) is 25.7 Å². The zero-order valence-corrected chi connectivity index (χ0v) is 18.5. The molecule has 1 aliphatic heterocycles. The summed E-state index contributed by atoms with van der Waals surface area (Å²) in [5, 5.41) is 9.35.